The van der Waals surface area contributed by atoms with Crippen LogP contribution in [0, 0.1) is 17.8 Å². The molecule has 0 unspecified atom stereocenters. The summed E-state index contributed by atoms with van der Waals surface area (Å²) in [5, 5.41) is 114. The Morgan fingerprint density at radius 2 is 1.28 bits per heavy atom. The van der Waals surface area contributed by atoms with Crippen molar-refractivity contribution in [3.63, 3.8) is 0 Å². The molecule has 3 rings (SSSR count). The topological polar surface area (TPSA) is 367 Å². The molecule has 2 fully saturated rings. The quantitative estimate of drug-likeness (QED) is 0.113. The fraction of sp³-hybridized carbons (Fsp3) is 0.660. The smallest absolute Gasteiger partial charge is 0.308 e. The number of nitrogens with one attached hydrogen (secondary N) is 2. The molecule has 3 aliphatic heterocycles. The van der Waals surface area contributed by atoms with Crippen LogP contribution in [0.1, 0.15) is 79.1 Å². The highest BCUT2D eigenvalue weighted by molar-refractivity contribution is 5.88. The van der Waals surface area contributed by atoms with Crippen LogP contribution in [0.4, 0.5) is 0 Å². The van der Waals surface area contributed by atoms with Crippen molar-refractivity contribution in [2.45, 2.75) is 183 Å². The molecule has 0 aliphatic carbocycles. The number of esters is 1. The summed E-state index contributed by atoms with van der Waals surface area (Å²) in [7, 11) is 1.30. The van der Waals surface area contributed by atoms with Gasteiger partial charge in [0.05, 0.1) is 85.5 Å². The summed E-state index contributed by atoms with van der Waals surface area (Å²) in [4.78, 5) is 38.7. The number of carbonyl (C=O) groups excluding carboxylic acids is 3. The molecule has 0 saturated carbocycles. The van der Waals surface area contributed by atoms with E-state index in [4.69, 9.17) is 30.4 Å². The summed E-state index contributed by atoms with van der Waals surface area (Å²) in [6, 6.07) is -1.18. The number of aliphatic hydroxyl groups excluding tert-OH is 9. The molecule has 0 radical (unpaired) electrons. The number of rotatable bonds is 5. The predicted octanol–water partition coefficient (Wildman–Crippen LogP) is -1.23. The van der Waals surface area contributed by atoms with Crippen LogP contribution in [-0.4, -0.2) is 180 Å². The summed E-state index contributed by atoms with van der Waals surface area (Å²) in [6.45, 7) is 6.73. The molecule has 71 heavy (non-hydrogen) atoms. The summed E-state index contributed by atoms with van der Waals surface area (Å²) in [5.41, 5.74) is 12.0. The third kappa shape index (κ3) is 20.4. The van der Waals surface area contributed by atoms with E-state index in [1.807, 2.05) is 13.0 Å². The molecule has 0 aromatic rings. The summed E-state index contributed by atoms with van der Waals surface area (Å²) in [6.07, 6.45) is 1.37. The van der Waals surface area contributed by atoms with Crippen molar-refractivity contribution >= 4 is 17.8 Å². The summed E-state index contributed by atoms with van der Waals surface area (Å²) >= 11 is 0. The van der Waals surface area contributed by atoms with Crippen LogP contribution in [0.5, 0.6) is 0 Å². The highest BCUT2D eigenvalue weighted by Gasteiger charge is 2.51. The first-order valence-electron chi connectivity index (χ1n) is 24.2. The number of cyclic esters (lactones) is 1. The van der Waals surface area contributed by atoms with Gasteiger partial charge in [0.15, 0.2) is 18.2 Å². The first kappa shape index (κ1) is 61.3. The second kappa shape index (κ2) is 30.2. The zero-order chi connectivity index (χ0) is 53.0. The molecule has 16 N–H and O–H groups in total. The molecule has 0 aromatic heterocycles. The molecule has 2 amide bonds. The van der Waals surface area contributed by atoms with Crippen molar-refractivity contribution in [2.24, 2.45) is 29.2 Å². The van der Waals surface area contributed by atoms with E-state index < -0.39 is 159 Å². The number of hydrogen-bond donors (Lipinski definition) is 14. The van der Waals surface area contributed by atoms with Crippen LogP contribution in [0.2, 0.25) is 0 Å². The molecule has 0 aromatic carbocycles. The van der Waals surface area contributed by atoms with Crippen molar-refractivity contribution in [1.82, 2.24) is 10.6 Å². The van der Waals surface area contributed by atoms with Gasteiger partial charge in [-0.15, -0.1) is 0 Å². The molecular weight excluding hydrogens is 929 g/mol. The number of hydrogen-bond acceptors (Lipinski definition) is 19. The Kier molecular flexibility index (Phi) is 26.1. The number of likely N-dealkylation sites (N-methyl/N-ethyl adjacent to an activating group) is 1. The van der Waals surface area contributed by atoms with E-state index in [0.717, 1.165) is 0 Å². The van der Waals surface area contributed by atoms with Gasteiger partial charge in [-0.2, -0.15) is 0 Å². The average molecular weight is 1010 g/mol. The zero-order valence-corrected chi connectivity index (χ0v) is 41.2. The average Bonchev–Trinajstić information content (AvgIpc) is 3.29. The molecular formula is C50H80N4O17. The van der Waals surface area contributed by atoms with E-state index in [9.17, 15) is 65.4 Å². The van der Waals surface area contributed by atoms with Crippen molar-refractivity contribution in [3.05, 3.63) is 85.1 Å². The molecule has 0 spiro atoms. The van der Waals surface area contributed by atoms with E-state index in [0.29, 0.717) is 0 Å². The highest BCUT2D eigenvalue weighted by Crippen LogP contribution is 2.38. The van der Waals surface area contributed by atoms with Crippen LogP contribution in [0.3, 0.4) is 0 Å². The highest BCUT2D eigenvalue weighted by atomic mass is 16.7. The Balaban J connectivity index is 1.95. The lowest BCUT2D eigenvalue weighted by Gasteiger charge is -2.46. The number of nitrogens with two attached hydrogens (primary N) is 2. The first-order chi connectivity index (χ1) is 33.5. The number of amides is 2. The van der Waals surface area contributed by atoms with Crippen LogP contribution in [0.15, 0.2) is 85.1 Å². The Hall–Kier alpha value is -4.01. The lowest BCUT2D eigenvalue weighted by molar-refractivity contribution is -0.307. The third-order valence-electron chi connectivity index (χ3n) is 12.9. The number of aliphatic hydroxyl groups is 10. The monoisotopic (exact) mass is 1010 g/mol. The molecule has 2 bridgehead atoms. The molecule has 2 saturated heterocycles. The summed E-state index contributed by atoms with van der Waals surface area (Å²) in [5.74, 6) is -7.09. The van der Waals surface area contributed by atoms with Gasteiger partial charge in [-0.25, -0.2) is 0 Å². The maximum absolute atomic E-state index is 13.8. The first-order valence-corrected chi connectivity index (χ1v) is 24.2. The van der Waals surface area contributed by atoms with Gasteiger partial charge >= 0.3 is 5.97 Å². The van der Waals surface area contributed by atoms with Gasteiger partial charge < -0.3 is 92.1 Å². The molecule has 3 aliphatic rings. The van der Waals surface area contributed by atoms with Crippen LogP contribution in [0.25, 0.3) is 0 Å². The second-order valence-electron chi connectivity index (χ2n) is 18.8. The van der Waals surface area contributed by atoms with Crippen LogP contribution >= 0.6 is 0 Å². The van der Waals surface area contributed by atoms with Crippen molar-refractivity contribution in [3.8, 4) is 0 Å². The Labute approximate surface area is 415 Å². The molecule has 21 heteroatoms. The van der Waals surface area contributed by atoms with Gasteiger partial charge in [0.1, 0.15) is 12.2 Å². The fourth-order valence-electron chi connectivity index (χ4n) is 8.46. The number of ether oxygens (including phenoxy) is 4. The minimum absolute atomic E-state index is 0.125. The zero-order valence-electron chi connectivity index (χ0n) is 41.2. The SMILES string of the molecule is CNC(=O)[C@H](N)NC(=O)[C@H]1[C@@H]2C[C@@H](O[C@@H]3O[C@H](C)[C@@H](O)[C@H](N)[C@@H]3O)/C=C/C=C/C=C/C=C/C=C/C=C/C=C/[C@H](C)[C@@H](O)[C@@H](C)[C@H](C)OC(=O)C[C@H](O)C[C@H](O)CC[C@@H](O)[C@H](O)C[C@H](O)C[C@](O)(C[C@@H]1O)O2. The maximum Gasteiger partial charge on any atom is 0.308 e. The van der Waals surface area contributed by atoms with Crippen molar-refractivity contribution in [1.29, 1.82) is 0 Å². The standard InChI is InChI=1S/C50H80N4O17/c1-28-18-16-14-12-10-8-6-7-9-11-13-15-17-19-35(70-49-45(64)42(51)44(63)31(4)69-49)25-39-41(47(65)54-46(52)48(66)53-5)38(60)27-50(67,71-39)26-34(57)23-37(59)36(58)21-20-32(55)22-33(56)24-40(61)68-30(3)29(2)43(28)62/h6-19,28-39,41-46,49,55-60,62-64,67H,20-27,51-52H2,1-5H3,(H,53,66)(H,54,65)/b7-6+,10-8+,11-9+,14-12+,15-13+,18-16+,19-17+/t28-,29-,30-,31+,32+,33+,34-,35-,36+,37+,38-,39-,41+,42-,43+,44+,45-,46+,49-,50+/m0/s1. The molecule has 21 nitrogen and oxygen atoms in total. The number of fused-ring (bicyclic) bond motifs is 2. The largest absolute Gasteiger partial charge is 0.462 e. The van der Waals surface area contributed by atoms with Gasteiger partial charge in [-0.3, -0.25) is 14.4 Å². The lowest BCUT2D eigenvalue weighted by Crippen LogP contribution is -2.62. The number of allylic oxidation sites excluding steroid dienone is 12. The predicted molar refractivity (Wildman–Crippen MR) is 260 cm³/mol. The second-order valence-corrected chi connectivity index (χ2v) is 18.8. The normalized spacial score (nSPS) is 43.0. The van der Waals surface area contributed by atoms with E-state index >= 15 is 0 Å². The van der Waals surface area contributed by atoms with Crippen LogP contribution < -0.4 is 22.1 Å². The Morgan fingerprint density at radius 1 is 0.704 bits per heavy atom. The third-order valence-corrected chi connectivity index (χ3v) is 12.9. The summed E-state index contributed by atoms with van der Waals surface area (Å²) < 4.78 is 23.5. The van der Waals surface area contributed by atoms with E-state index in [-0.39, 0.29) is 31.6 Å². The van der Waals surface area contributed by atoms with Gasteiger partial charge in [-0.1, -0.05) is 98.9 Å². The lowest BCUT2D eigenvalue weighted by atomic mass is 9.82. The fourth-order valence-corrected chi connectivity index (χ4v) is 8.46. The van der Waals surface area contributed by atoms with Crippen molar-refractivity contribution in [2.75, 3.05) is 7.05 Å². The van der Waals surface area contributed by atoms with Crippen molar-refractivity contribution < 1.29 is 84.4 Å². The van der Waals surface area contributed by atoms with Gasteiger partial charge in [0, 0.05) is 44.6 Å². The molecule has 20 atom stereocenters. The Bertz CT molecular complexity index is 1860. The molecule has 3 heterocycles. The van der Waals surface area contributed by atoms with Gasteiger partial charge in [0.2, 0.25) is 5.91 Å². The van der Waals surface area contributed by atoms with Gasteiger partial charge in [0.25, 0.3) is 5.91 Å². The minimum Gasteiger partial charge on any atom is -0.462 e. The van der Waals surface area contributed by atoms with Crippen LogP contribution in [-0.2, 0) is 33.3 Å². The molecule has 402 valence electrons. The van der Waals surface area contributed by atoms with E-state index in [1.54, 1.807) is 86.8 Å². The number of carbonyl (C=O) groups is 3. The Morgan fingerprint density at radius 3 is 1.87 bits per heavy atom. The van der Waals surface area contributed by atoms with E-state index in [2.05, 4.69) is 10.6 Å². The minimum atomic E-state index is -2.37. The van der Waals surface area contributed by atoms with Gasteiger partial charge in [-0.05, 0) is 33.1 Å². The van der Waals surface area contributed by atoms with E-state index in [1.165, 1.54) is 20.0 Å². The maximum atomic E-state index is 13.8.